The van der Waals surface area contributed by atoms with Crippen molar-refractivity contribution in [2.75, 3.05) is 0 Å². The first kappa shape index (κ1) is 18.7. The molecule has 2 N–H and O–H groups in total. The Balaban J connectivity index is 1.60. The van der Waals surface area contributed by atoms with Gasteiger partial charge in [-0.05, 0) is 86.8 Å². The number of oxazole rings is 1. The maximum absolute atomic E-state index is 10.1. The van der Waals surface area contributed by atoms with Gasteiger partial charge in [-0.1, -0.05) is 6.07 Å². The van der Waals surface area contributed by atoms with E-state index >= 15 is 0 Å². The summed E-state index contributed by atoms with van der Waals surface area (Å²) >= 11 is 6.39. The van der Waals surface area contributed by atoms with Gasteiger partial charge in [-0.2, -0.15) is 0 Å². The molecule has 0 amide bonds. The largest absolute Gasteiger partial charge is 0.506 e. The number of phenols is 2. The van der Waals surface area contributed by atoms with Crippen LogP contribution in [0, 0.1) is 6.92 Å². The number of aliphatic imine (C=N–C) groups is 1. The van der Waals surface area contributed by atoms with Gasteiger partial charge in [0.2, 0.25) is 5.89 Å². The van der Waals surface area contributed by atoms with E-state index in [-0.39, 0.29) is 16.0 Å². The molecule has 0 saturated carbocycles. The molecular weight excluding hydrogens is 488 g/mol. The van der Waals surface area contributed by atoms with Gasteiger partial charge in [-0.3, -0.25) is 4.99 Å². The average Bonchev–Trinajstić information content (AvgIpc) is 3.11. The van der Waals surface area contributed by atoms with Crippen LogP contribution in [0.2, 0.25) is 0 Å². The second kappa shape index (κ2) is 7.41. The molecule has 0 bridgehead atoms. The molecule has 0 fully saturated rings. The molecule has 3 aromatic carbocycles. The van der Waals surface area contributed by atoms with Gasteiger partial charge in [0, 0.05) is 17.3 Å². The molecule has 0 aliphatic heterocycles. The Kier molecular flexibility index (Phi) is 4.95. The van der Waals surface area contributed by atoms with Crippen LogP contribution in [0.3, 0.4) is 0 Å². The van der Waals surface area contributed by atoms with Crippen LogP contribution >= 0.6 is 31.9 Å². The highest BCUT2D eigenvalue weighted by Crippen LogP contribution is 2.40. The molecule has 0 spiro atoms. The summed E-state index contributed by atoms with van der Waals surface area (Å²) in [6.07, 6.45) is 1.53. The van der Waals surface area contributed by atoms with Crippen molar-refractivity contribution in [3.8, 4) is 23.0 Å². The molecule has 1 heterocycles. The topological polar surface area (TPSA) is 78.9 Å². The normalized spacial score (nSPS) is 11.5. The number of phenolic OH excluding ortho intramolecular Hbond substituents is 2. The molecule has 4 aromatic rings. The Morgan fingerprint density at radius 3 is 2.50 bits per heavy atom. The van der Waals surface area contributed by atoms with Crippen molar-refractivity contribution in [3.63, 3.8) is 0 Å². The fourth-order valence-electron chi connectivity index (χ4n) is 2.71. The van der Waals surface area contributed by atoms with E-state index in [1.807, 2.05) is 49.4 Å². The summed E-state index contributed by atoms with van der Waals surface area (Å²) in [5.41, 5.74) is 4.74. The van der Waals surface area contributed by atoms with E-state index in [0.717, 1.165) is 22.2 Å². The molecule has 0 radical (unpaired) electrons. The highest BCUT2D eigenvalue weighted by atomic mass is 79.9. The van der Waals surface area contributed by atoms with Gasteiger partial charge >= 0.3 is 0 Å². The van der Waals surface area contributed by atoms with Crippen LogP contribution in [0.25, 0.3) is 22.6 Å². The molecule has 4 rings (SSSR count). The van der Waals surface area contributed by atoms with Gasteiger partial charge in [-0.25, -0.2) is 4.98 Å². The quantitative estimate of drug-likeness (QED) is 0.314. The fraction of sp³-hybridized carbons (Fsp3) is 0.0476. The van der Waals surface area contributed by atoms with Crippen LogP contribution in [-0.2, 0) is 0 Å². The van der Waals surface area contributed by atoms with Crippen LogP contribution in [0.1, 0.15) is 11.1 Å². The Labute approximate surface area is 177 Å². The molecule has 0 aliphatic carbocycles. The summed E-state index contributed by atoms with van der Waals surface area (Å²) in [7, 11) is 0. The summed E-state index contributed by atoms with van der Waals surface area (Å²) in [6, 6.07) is 14.9. The summed E-state index contributed by atoms with van der Waals surface area (Å²) in [6.45, 7) is 2.02. The number of hydrogen-bond acceptors (Lipinski definition) is 5. The van der Waals surface area contributed by atoms with Crippen molar-refractivity contribution in [2.45, 2.75) is 6.92 Å². The minimum atomic E-state index is -0.0807. The first-order valence-electron chi connectivity index (χ1n) is 8.34. The smallest absolute Gasteiger partial charge is 0.227 e. The zero-order valence-corrected chi connectivity index (χ0v) is 17.8. The van der Waals surface area contributed by atoms with E-state index in [0.29, 0.717) is 21.6 Å². The minimum Gasteiger partial charge on any atom is -0.506 e. The molecule has 0 saturated heterocycles. The number of aromatic hydroxyl groups is 2. The van der Waals surface area contributed by atoms with Crippen molar-refractivity contribution < 1.29 is 14.6 Å². The summed E-state index contributed by atoms with van der Waals surface area (Å²) in [4.78, 5) is 8.91. The number of halogens is 2. The second-order valence-corrected chi connectivity index (χ2v) is 7.90. The van der Waals surface area contributed by atoms with Gasteiger partial charge in [0.05, 0.1) is 10.2 Å². The first-order chi connectivity index (χ1) is 13.4. The third-order valence-electron chi connectivity index (χ3n) is 4.21. The highest BCUT2D eigenvalue weighted by molar-refractivity contribution is 9.11. The lowest BCUT2D eigenvalue weighted by Gasteiger charge is -2.06. The van der Waals surface area contributed by atoms with Gasteiger partial charge in [-0.15, -0.1) is 0 Å². The van der Waals surface area contributed by atoms with Crippen LogP contribution in [0.15, 0.2) is 66.9 Å². The molecule has 0 atom stereocenters. The van der Waals surface area contributed by atoms with Crippen molar-refractivity contribution >= 4 is 54.9 Å². The van der Waals surface area contributed by atoms with Crippen molar-refractivity contribution in [1.82, 2.24) is 4.98 Å². The number of aromatic nitrogens is 1. The predicted octanol–water partition coefficient (Wildman–Crippen LogP) is 6.49. The summed E-state index contributed by atoms with van der Waals surface area (Å²) < 4.78 is 6.49. The predicted molar refractivity (Wildman–Crippen MR) is 117 cm³/mol. The molecule has 0 unspecified atom stereocenters. The minimum absolute atomic E-state index is 0.0625. The van der Waals surface area contributed by atoms with Crippen molar-refractivity contribution in [2.24, 2.45) is 4.99 Å². The zero-order chi connectivity index (χ0) is 19.8. The number of nitrogens with zero attached hydrogens (tertiary/aromatic N) is 2. The highest BCUT2D eigenvalue weighted by Gasteiger charge is 2.13. The third kappa shape index (κ3) is 3.55. The van der Waals surface area contributed by atoms with Crippen LogP contribution in [0.4, 0.5) is 5.69 Å². The number of aryl methyl sites for hydroxylation is 1. The Morgan fingerprint density at radius 2 is 1.75 bits per heavy atom. The summed E-state index contributed by atoms with van der Waals surface area (Å²) in [5.74, 6) is 0.413. The Hall–Kier alpha value is -2.64. The monoisotopic (exact) mass is 500 g/mol. The Bertz CT molecular complexity index is 1210. The van der Waals surface area contributed by atoms with E-state index < -0.39 is 0 Å². The standard InChI is InChI=1S/C21H14Br2N2O3/c1-11-2-7-17-16(8-11)25-21(28-17)12-3-5-14(6-4-12)24-10-13-9-15(22)20(27)18(23)19(13)26/h2-10,26-27H,1H3/b24-10+. The first-order valence-corrected chi connectivity index (χ1v) is 9.92. The van der Waals surface area contributed by atoms with Gasteiger partial charge in [0.25, 0.3) is 0 Å². The van der Waals surface area contributed by atoms with E-state index in [9.17, 15) is 10.2 Å². The molecule has 0 aliphatic rings. The molecule has 7 heteroatoms. The van der Waals surface area contributed by atoms with E-state index in [2.05, 4.69) is 41.8 Å². The SMILES string of the molecule is Cc1ccc2oc(-c3ccc(/N=C/c4cc(Br)c(O)c(Br)c4O)cc3)nc2c1. The van der Waals surface area contributed by atoms with Crippen molar-refractivity contribution in [1.29, 1.82) is 0 Å². The van der Waals surface area contributed by atoms with Crippen LogP contribution in [-0.4, -0.2) is 21.4 Å². The van der Waals surface area contributed by atoms with Crippen LogP contribution < -0.4 is 0 Å². The number of benzene rings is 3. The van der Waals surface area contributed by atoms with Crippen molar-refractivity contribution in [3.05, 3.63) is 68.6 Å². The number of hydrogen-bond donors (Lipinski definition) is 2. The fourth-order valence-corrected chi connectivity index (χ4v) is 3.86. The lowest BCUT2D eigenvalue weighted by molar-refractivity contribution is 0.442. The van der Waals surface area contributed by atoms with Gasteiger partial charge in [0.15, 0.2) is 5.58 Å². The lowest BCUT2D eigenvalue weighted by Crippen LogP contribution is -1.85. The molecular formula is C21H14Br2N2O3. The molecule has 5 nitrogen and oxygen atoms in total. The third-order valence-corrected chi connectivity index (χ3v) is 5.56. The molecule has 28 heavy (non-hydrogen) atoms. The number of rotatable bonds is 3. The molecule has 140 valence electrons. The van der Waals surface area contributed by atoms with Gasteiger partial charge in [0.1, 0.15) is 21.5 Å². The second-order valence-electron chi connectivity index (χ2n) is 6.25. The van der Waals surface area contributed by atoms with E-state index in [4.69, 9.17) is 4.42 Å². The average molecular weight is 502 g/mol. The Morgan fingerprint density at radius 1 is 1.00 bits per heavy atom. The maximum atomic E-state index is 10.1. The number of fused-ring (bicyclic) bond motifs is 1. The zero-order valence-electron chi connectivity index (χ0n) is 14.6. The maximum Gasteiger partial charge on any atom is 0.227 e. The lowest BCUT2D eigenvalue weighted by atomic mass is 10.2. The van der Waals surface area contributed by atoms with Gasteiger partial charge < -0.3 is 14.6 Å². The van der Waals surface area contributed by atoms with Crippen LogP contribution in [0.5, 0.6) is 11.5 Å². The summed E-state index contributed by atoms with van der Waals surface area (Å²) in [5, 5.41) is 19.9. The van der Waals surface area contributed by atoms with E-state index in [1.165, 1.54) is 6.21 Å². The van der Waals surface area contributed by atoms with E-state index in [1.54, 1.807) is 6.07 Å². The molecule has 1 aromatic heterocycles.